The summed E-state index contributed by atoms with van der Waals surface area (Å²) >= 11 is 0. The van der Waals surface area contributed by atoms with Crippen molar-refractivity contribution in [2.75, 3.05) is 20.2 Å². The van der Waals surface area contributed by atoms with Gasteiger partial charge in [0.25, 0.3) is 0 Å². The molecule has 1 aromatic rings. The van der Waals surface area contributed by atoms with Crippen LogP contribution in [0.4, 0.5) is 0 Å². The number of nitrogens with one attached hydrogen (secondary N) is 1. The van der Waals surface area contributed by atoms with E-state index >= 15 is 0 Å². The third-order valence-corrected chi connectivity index (χ3v) is 2.14. The van der Waals surface area contributed by atoms with E-state index in [1.165, 1.54) is 5.56 Å². The molecule has 15 heavy (non-hydrogen) atoms. The lowest BCUT2D eigenvalue weighted by atomic mass is 10.2. The number of hydrogen-bond donors (Lipinski definition) is 2. The Morgan fingerprint density at radius 2 is 2.27 bits per heavy atom. The summed E-state index contributed by atoms with van der Waals surface area (Å²) in [6.07, 6.45) is 4.03. The minimum atomic E-state index is 0.655. The van der Waals surface area contributed by atoms with Gasteiger partial charge in [-0.25, -0.2) is 4.98 Å². The van der Waals surface area contributed by atoms with Crippen LogP contribution in [-0.4, -0.2) is 25.2 Å². The van der Waals surface area contributed by atoms with Crippen molar-refractivity contribution in [3.05, 3.63) is 23.9 Å². The highest BCUT2D eigenvalue weighted by Crippen LogP contribution is 2.05. The molecule has 0 saturated heterocycles. The zero-order valence-corrected chi connectivity index (χ0v) is 9.20. The standard InChI is InChI=1S/C11H19N3O/c1-15-11-5-4-10(9-14-11)8-13-7-3-2-6-12/h4-5,9,13H,2-3,6-8,12H2,1H3. The first-order chi connectivity index (χ1) is 7.36. The smallest absolute Gasteiger partial charge is 0.212 e. The van der Waals surface area contributed by atoms with Crippen molar-refractivity contribution in [1.29, 1.82) is 0 Å². The molecular formula is C11H19N3O. The predicted molar refractivity (Wildman–Crippen MR) is 60.8 cm³/mol. The monoisotopic (exact) mass is 209 g/mol. The third-order valence-electron chi connectivity index (χ3n) is 2.14. The maximum atomic E-state index is 5.40. The summed E-state index contributed by atoms with van der Waals surface area (Å²) in [5, 5.41) is 3.34. The predicted octanol–water partition coefficient (Wildman–Crippen LogP) is 0.919. The van der Waals surface area contributed by atoms with E-state index in [0.717, 1.165) is 32.5 Å². The largest absolute Gasteiger partial charge is 0.481 e. The highest BCUT2D eigenvalue weighted by atomic mass is 16.5. The lowest BCUT2D eigenvalue weighted by Gasteiger charge is -2.04. The Bertz CT molecular complexity index is 261. The molecule has 1 aromatic heterocycles. The van der Waals surface area contributed by atoms with Crippen molar-refractivity contribution in [1.82, 2.24) is 10.3 Å². The van der Waals surface area contributed by atoms with Crippen molar-refractivity contribution in [3.63, 3.8) is 0 Å². The van der Waals surface area contributed by atoms with E-state index in [4.69, 9.17) is 10.5 Å². The van der Waals surface area contributed by atoms with Crippen LogP contribution in [0.3, 0.4) is 0 Å². The van der Waals surface area contributed by atoms with Crippen LogP contribution in [0.2, 0.25) is 0 Å². The van der Waals surface area contributed by atoms with Crippen LogP contribution < -0.4 is 15.8 Å². The van der Waals surface area contributed by atoms with Crippen LogP contribution in [0.25, 0.3) is 0 Å². The lowest BCUT2D eigenvalue weighted by Crippen LogP contribution is -2.15. The minimum Gasteiger partial charge on any atom is -0.481 e. The van der Waals surface area contributed by atoms with Crippen LogP contribution >= 0.6 is 0 Å². The number of nitrogens with zero attached hydrogens (tertiary/aromatic N) is 1. The van der Waals surface area contributed by atoms with E-state index < -0.39 is 0 Å². The van der Waals surface area contributed by atoms with Crippen LogP contribution in [-0.2, 0) is 6.54 Å². The summed E-state index contributed by atoms with van der Waals surface area (Å²) < 4.78 is 4.98. The van der Waals surface area contributed by atoms with Crippen molar-refractivity contribution >= 4 is 0 Å². The van der Waals surface area contributed by atoms with Gasteiger partial charge in [-0.15, -0.1) is 0 Å². The summed E-state index contributed by atoms with van der Waals surface area (Å²) in [6, 6.07) is 3.89. The molecule has 4 nitrogen and oxygen atoms in total. The van der Waals surface area contributed by atoms with Gasteiger partial charge in [0.1, 0.15) is 0 Å². The highest BCUT2D eigenvalue weighted by molar-refractivity contribution is 5.17. The van der Waals surface area contributed by atoms with E-state index in [1.54, 1.807) is 7.11 Å². The molecule has 0 bridgehead atoms. The minimum absolute atomic E-state index is 0.655. The molecule has 1 heterocycles. The zero-order chi connectivity index (χ0) is 10.9. The van der Waals surface area contributed by atoms with Gasteiger partial charge in [0, 0.05) is 18.8 Å². The van der Waals surface area contributed by atoms with Gasteiger partial charge in [0.2, 0.25) is 5.88 Å². The van der Waals surface area contributed by atoms with Gasteiger partial charge < -0.3 is 15.8 Å². The molecule has 3 N–H and O–H groups in total. The first kappa shape index (κ1) is 11.9. The summed E-state index contributed by atoms with van der Waals surface area (Å²) in [5.41, 5.74) is 6.57. The number of ether oxygens (including phenoxy) is 1. The van der Waals surface area contributed by atoms with Crippen molar-refractivity contribution < 1.29 is 4.74 Å². The van der Waals surface area contributed by atoms with Crippen molar-refractivity contribution in [2.24, 2.45) is 5.73 Å². The van der Waals surface area contributed by atoms with Crippen molar-refractivity contribution in [2.45, 2.75) is 19.4 Å². The maximum Gasteiger partial charge on any atom is 0.212 e. The SMILES string of the molecule is COc1ccc(CNCCCCN)cn1. The van der Waals surface area contributed by atoms with Gasteiger partial charge in [0.05, 0.1) is 7.11 Å². The second-order valence-electron chi connectivity index (χ2n) is 3.38. The zero-order valence-electron chi connectivity index (χ0n) is 9.20. The van der Waals surface area contributed by atoms with Gasteiger partial charge in [-0.3, -0.25) is 0 Å². The molecule has 0 radical (unpaired) electrons. The average molecular weight is 209 g/mol. The normalized spacial score (nSPS) is 10.3. The summed E-state index contributed by atoms with van der Waals surface area (Å²) in [6.45, 7) is 2.62. The van der Waals surface area contributed by atoms with E-state index in [0.29, 0.717) is 5.88 Å². The van der Waals surface area contributed by atoms with E-state index in [2.05, 4.69) is 10.3 Å². The van der Waals surface area contributed by atoms with Gasteiger partial charge in [0.15, 0.2) is 0 Å². The Balaban J connectivity index is 2.20. The molecule has 0 spiro atoms. The van der Waals surface area contributed by atoms with Gasteiger partial charge in [-0.05, 0) is 31.5 Å². The Labute approximate surface area is 90.8 Å². The van der Waals surface area contributed by atoms with Crippen LogP contribution in [0.15, 0.2) is 18.3 Å². The Kier molecular flexibility index (Phi) is 5.73. The molecule has 0 aromatic carbocycles. The van der Waals surface area contributed by atoms with E-state index in [1.807, 2.05) is 18.3 Å². The fourth-order valence-electron chi connectivity index (χ4n) is 1.26. The second-order valence-corrected chi connectivity index (χ2v) is 3.38. The number of nitrogens with two attached hydrogens (primary N) is 1. The lowest BCUT2D eigenvalue weighted by molar-refractivity contribution is 0.397. The average Bonchev–Trinajstić information content (AvgIpc) is 2.30. The molecule has 0 unspecified atom stereocenters. The quantitative estimate of drug-likeness (QED) is 0.656. The molecule has 84 valence electrons. The van der Waals surface area contributed by atoms with E-state index in [-0.39, 0.29) is 0 Å². The molecule has 1 rings (SSSR count). The molecule has 0 amide bonds. The first-order valence-corrected chi connectivity index (χ1v) is 5.26. The topological polar surface area (TPSA) is 60.2 Å². The molecule has 0 atom stereocenters. The molecular weight excluding hydrogens is 190 g/mol. The maximum absolute atomic E-state index is 5.40. The number of rotatable bonds is 7. The third kappa shape index (κ3) is 4.76. The summed E-state index contributed by atoms with van der Waals surface area (Å²) in [7, 11) is 1.62. The summed E-state index contributed by atoms with van der Waals surface area (Å²) in [4.78, 5) is 4.13. The van der Waals surface area contributed by atoms with Gasteiger partial charge in [-0.1, -0.05) is 6.07 Å². The number of pyridine rings is 1. The molecule has 0 saturated carbocycles. The number of methoxy groups -OCH3 is 1. The Hall–Kier alpha value is -1.13. The first-order valence-electron chi connectivity index (χ1n) is 5.26. The molecule has 0 aliphatic carbocycles. The summed E-state index contributed by atoms with van der Waals surface area (Å²) in [5.74, 6) is 0.655. The highest BCUT2D eigenvalue weighted by Gasteiger charge is 1.94. The number of aromatic nitrogens is 1. The van der Waals surface area contributed by atoms with Crippen LogP contribution in [0, 0.1) is 0 Å². The molecule has 4 heteroatoms. The number of unbranched alkanes of at least 4 members (excludes halogenated alkanes) is 1. The van der Waals surface area contributed by atoms with Gasteiger partial charge >= 0.3 is 0 Å². The fraction of sp³-hybridized carbons (Fsp3) is 0.545. The van der Waals surface area contributed by atoms with E-state index in [9.17, 15) is 0 Å². The Morgan fingerprint density at radius 3 is 2.87 bits per heavy atom. The van der Waals surface area contributed by atoms with Crippen LogP contribution in [0.1, 0.15) is 18.4 Å². The molecule has 0 fully saturated rings. The molecule has 0 aliphatic heterocycles. The fourth-order valence-corrected chi connectivity index (χ4v) is 1.26. The Morgan fingerprint density at radius 1 is 1.40 bits per heavy atom. The molecule has 0 aliphatic rings. The number of hydrogen-bond acceptors (Lipinski definition) is 4. The van der Waals surface area contributed by atoms with Gasteiger partial charge in [-0.2, -0.15) is 0 Å². The second kappa shape index (κ2) is 7.20. The van der Waals surface area contributed by atoms with Crippen LogP contribution in [0.5, 0.6) is 5.88 Å². The van der Waals surface area contributed by atoms with Crippen molar-refractivity contribution in [3.8, 4) is 5.88 Å².